The Morgan fingerprint density at radius 3 is 2.20 bits per heavy atom. The summed E-state index contributed by atoms with van der Waals surface area (Å²) in [7, 11) is 0. The highest BCUT2D eigenvalue weighted by Crippen LogP contribution is 2.37. The molecule has 1 fully saturated rings. The van der Waals surface area contributed by atoms with E-state index < -0.39 is 0 Å². The molecule has 2 N–H and O–H groups in total. The number of benzene rings is 2. The fourth-order valence-electron chi connectivity index (χ4n) is 2.44. The van der Waals surface area contributed by atoms with Gasteiger partial charge in [0.1, 0.15) is 0 Å². The van der Waals surface area contributed by atoms with Gasteiger partial charge >= 0.3 is 0 Å². The Morgan fingerprint density at radius 2 is 1.64 bits per heavy atom. The van der Waals surface area contributed by atoms with Crippen molar-refractivity contribution >= 4 is 45.2 Å². The third-order valence-corrected chi connectivity index (χ3v) is 5.60. The molecule has 0 heterocycles. The van der Waals surface area contributed by atoms with Crippen LogP contribution in [0.15, 0.2) is 62.8 Å². The molecule has 1 aliphatic carbocycles. The zero-order valence-corrected chi connectivity index (χ0v) is 16.2. The summed E-state index contributed by atoms with van der Waals surface area (Å²) in [5.41, 5.74) is 0.721. The minimum atomic E-state index is -0.213. The van der Waals surface area contributed by atoms with Gasteiger partial charge in [-0.1, -0.05) is 34.6 Å². The van der Waals surface area contributed by atoms with Crippen molar-refractivity contribution in [2.75, 3.05) is 11.9 Å². The van der Waals surface area contributed by atoms with E-state index >= 15 is 0 Å². The average molecular weight is 419 g/mol. The minimum absolute atomic E-state index is 0.0114. The summed E-state index contributed by atoms with van der Waals surface area (Å²) in [5.74, 6) is 0.292. The van der Waals surface area contributed by atoms with E-state index in [2.05, 4.69) is 26.6 Å². The van der Waals surface area contributed by atoms with E-state index in [0.29, 0.717) is 5.92 Å². The second-order valence-electron chi connectivity index (χ2n) is 6.17. The van der Waals surface area contributed by atoms with Gasteiger partial charge in [0.05, 0.1) is 6.54 Å². The molecule has 2 aromatic rings. The van der Waals surface area contributed by atoms with Crippen molar-refractivity contribution in [3.63, 3.8) is 0 Å². The van der Waals surface area contributed by atoms with Crippen LogP contribution in [0, 0.1) is 11.8 Å². The molecule has 0 aromatic heterocycles. The van der Waals surface area contributed by atoms with Crippen LogP contribution in [0.5, 0.6) is 0 Å². The lowest BCUT2D eigenvalue weighted by Crippen LogP contribution is -2.34. The van der Waals surface area contributed by atoms with Gasteiger partial charge in [0.15, 0.2) is 0 Å². The smallest absolute Gasteiger partial charge is 0.243 e. The summed E-state index contributed by atoms with van der Waals surface area (Å²) in [5, 5.41) is 5.48. The van der Waals surface area contributed by atoms with Gasteiger partial charge in [0.25, 0.3) is 0 Å². The number of amides is 2. The highest BCUT2D eigenvalue weighted by molar-refractivity contribution is 9.10. The number of halogens is 1. The van der Waals surface area contributed by atoms with E-state index in [1.165, 1.54) is 0 Å². The summed E-state index contributed by atoms with van der Waals surface area (Å²) < 4.78 is 1.05. The molecule has 1 saturated carbocycles. The molecule has 0 radical (unpaired) electrons. The summed E-state index contributed by atoms with van der Waals surface area (Å²) in [6, 6.07) is 15.8. The van der Waals surface area contributed by atoms with Gasteiger partial charge in [0.2, 0.25) is 11.8 Å². The number of hydrogen-bond donors (Lipinski definition) is 2. The van der Waals surface area contributed by atoms with E-state index in [0.717, 1.165) is 26.4 Å². The standard InChI is InChI=1S/C19H19BrN2O2S/c1-12-10-17(12)19(24)21-11-18(23)22-14-4-8-16(9-5-14)25-15-6-2-13(20)3-7-15/h2-9,12,17H,10-11H2,1H3,(H,21,24)(H,22,23). The molecule has 2 amide bonds. The van der Waals surface area contributed by atoms with E-state index in [9.17, 15) is 9.59 Å². The summed E-state index contributed by atoms with van der Waals surface area (Å²) >= 11 is 5.08. The fourth-order valence-corrected chi connectivity index (χ4v) is 3.52. The van der Waals surface area contributed by atoms with Crippen molar-refractivity contribution in [3.05, 3.63) is 53.0 Å². The monoisotopic (exact) mass is 418 g/mol. The third-order valence-electron chi connectivity index (χ3n) is 4.06. The maximum atomic E-state index is 11.9. The van der Waals surface area contributed by atoms with Crippen LogP contribution in [0.25, 0.3) is 0 Å². The quantitative estimate of drug-likeness (QED) is 0.734. The van der Waals surface area contributed by atoms with Crippen molar-refractivity contribution in [2.45, 2.75) is 23.1 Å². The highest BCUT2D eigenvalue weighted by atomic mass is 79.9. The molecular formula is C19H19BrN2O2S. The predicted octanol–water partition coefficient (Wildman–Crippen LogP) is 4.31. The molecule has 1 aliphatic rings. The van der Waals surface area contributed by atoms with Crippen LogP contribution in [0.1, 0.15) is 13.3 Å². The van der Waals surface area contributed by atoms with Crippen molar-refractivity contribution in [1.82, 2.24) is 5.32 Å². The first-order valence-electron chi connectivity index (χ1n) is 8.12. The van der Waals surface area contributed by atoms with Crippen molar-refractivity contribution in [1.29, 1.82) is 0 Å². The second-order valence-corrected chi connectivity index (χ2v) is 8.23. The number of nitrogens with one attached hydrogen (secondary N) is 2. The molecule has 2 unspecified atom stereocenters. The maximum Gasteiger partial charge on any atom is 0.243 e. The van der Waals surface area contributed by atoms with Crippen LogP contribution < -0.4 is 10.6 Å². The molecule has 6 heteroatoms. The number of rotatable bonds is 6. The molecule has 2 aromatic carbocycles. The molecule has 130 valence electrons. The Balaban J connectivity index is 1.47. The third kappa shape index (κ3) is 5.34. The molecule has 0 aliphatic heterocycles. The Morgan fingerprint density at radius 1 is 1.08 bits per heavy atom. The van der Waals surface area contributed by atoms with E-state index in [1.807, 2.05) is 55.5 Å². The summed E-state index contributed by atoms with van der Waals surface area (Å²) in [6.45, 7) is 2.05. The number of carbonyl (C=O) groups is 2. The highest BCUT2D eigenvalue weighted by Gasteiger charge is 2.38. The number of hydrogen-bond acceptors (Lipinski definition) is 3. The van der Waals surface area contributed by atoms with Crippen LogP contribution in [0.2, 0.25) is 0 Å². The Bertz CT molecular complexity index is 762. The minimum Gasteiger partial charge on any atom is -0.347 e. The lowest BCUT2D eigenvalue weighted by Gasteiger charge is -2.08. The Labute approximate surface area is 159 Å². The molecule has 2 atom stereocenters. The van der Waals surface area contributed by atoms with Gasteiger partial charge in [-0.15, -0.1) is 0 Å². The first kappa shape index (κ1) is 18.0. The van der Waals surface area contributed by atoms with Crippen LogP contribution in [-0.2, 0) is 9.59 Å². The summed E-state index contributed by atoms with van der Waals surface area (Å²) in [4.78, 5) is 25.9. The van der Waals surface area contributed by atoms with Gasteiger partial charge < -0.3 is 10.6 Å². The first-order valence-corrected chi connectivity index (χ1v) is 9.73. The second kappa shape index (κ2) is 8.06. The van der Waals surface area contributed by atoms with Gasteiger partial charge in [0, 0.05) is 25.9 Å². The van der Waals surface area contributed by atoms with Crippen LogP contribution in [-0.4, -0.2) is 18.4 Å². The van der Waals surface area contributed by atoms with Crippen LogP contribution in [0.4, 0.5) is 5.69 Å². The fraction of sp³-hybridized carbons (Fsp3) is 0.263. The molecule has 4 nitrogen and oxygen atoms in total. The van der Waals surface area contributed by atoms with Crippen molar-refractivity contribution < 1.29 is 9.59 Å². The summed E-state index contributed by atoms with van der Waals surface area (Å²) in [6.07, 6.45) is 0.922. The predicted molar refractivity (Wildman–Crippen MR) is 104 cm³/mol. The maximum absolute atomic E-state index is 11.9. The van der Waals surface area contributed by atoms with E-state index in [-0.39, 0.29) is 24.3 Å². The molecule has 25 heavy (non-hydrogen) atoms. The SMILES string of the molecule is CC1CC1C(=O)NCC(=O)Nc1ccc(Sc2ccc(Br)cc2)cc1. The van der Waals surface area contributed by atoms with Crippen LogP contribution >= 0.6 is 27.7 Å². The average Bonchev–Trinajstić information content (AvgIpc) is 3.33. The lowest BCUT2D eigenvalue weighted by atomic mass is 10.3. The molecule has 3 rings (SSSR count). The topological polar surface area (TPSA) is 58.2 Å². The van der Waals surface area contributed by atoms with Crippen LogP contribution in [0.3, 0.4) is 0 Å². The van der Waals surface area contributed by atoms with Gasteiger partial charge in [-0.2, -0.15) is 0 Å². The molecule has 0 bridgehead atoms. The first-order chi connectivity index (χ1) is 12.0. The lowest BCUT2D eigenvalue weighted by molar-refractivity contribution is -0.125. The van der Waals surface area contributed by atoms with Gasteiger partial charge in [-0.3, -0.25) is 9.59 Å². The number of carbonyl (C=O) groups excluding carboxylic acids is 2. The van der Waals surface area contributed by atoms with Crippen molar-refractivity contribution in [3.8, 4) is 0 Å². The van der Waals surface area contributed by atoms with Crippen molar-refractivity contribution in [2.24, 2.45) is 11.8 Å². The zero-order valence-electron chi connectivity index (χ0n) is 13.8. The zero-order chi connectivity index (χ0) is 17.8. The van der Waals surface area contributed by atoms with E-state index in [1.54, 1.807) is 11.8 Å². The van der Waals surface area contributed by atoms with E-state index in [4.69, 9.17) is 0 Å². The normalized spacial score (nSPS) is 18.5. The Kier molecular flexibility index (Phi) is 5.81. The molecule has 0 spiro atoms. The largest absolute Gasteiger partial charge is 0.347 e. The van der Waals surface area contributed by atoms with Gasteiger partial charge in [-0.05, 0) is 60.9 Å². The molecule has 0 saturated heterocycles. The van der Waals surface area contributed by atoms with Gasteiger partial charge in [-0.25, -0.2) is 0 Å². The number of anilines is 1. The molecular weight excluding hydrogens is 400 g/mol. The Hall–Kier alpha value is -1.79.